The minimum atomic E-state index is -0.0429. The third kappa shape index (κ3) is 3.54. The molecule has 2 aliphatic heterocycles. The van der Waals surface area contributed by atoms with Crippen molar-refractivity contribution < 1.29 is 18.6 Å². The molecule has 2 fully saturated rings. The monoisotopic (exact) mass is 382 g/mol. The number of hydrogen-bond acceptors (Lipinski definition) is 7. The van der Waals surface area contributed by atoms with E-state index >= 15 is 0 Å². The van der Waals surface area contributed by atoms with Crippen molar-refractivity contribution in [3.8, 4) is 5.75 Å². The quantitative estimate of drug-likeness (QED) is 0.669. The van der Waals surface area contributed by atoms with Gasteiger partial charge in [0.2, 0.25) is 0 Å². The maximum atomic E-state index is 6.03. The smallest absolute Gasteiger partial charge is 0.134 e. The summed E-state index contributed by atoms with van der Waals surface area (Å²) in [6, 6.07) is 13.7. The second-order valence-corrected chi connectivity index (χ2v) is 7.02. The summed E-state index contributed by atoms with van der Waals surface area (Å²) in [5.41, 5.74) is 0.776. The highest BCUT2D eigenvalue weighted by Crippen LogP contribution is 2.34. The number of fused-ring (bicyclic) bond motifs is 1. The van der Waals surface area contributed by atoms with Gasteiger partial charge in [-0.3, -0.25) is 0 Å². The number of hydrogen-bond donors (Lipinski definition) is 1. The number of para-hydroxylation sites is 1. The molecule has 146 valence electrons. The Morgan fingerprint density at radius 2 is 1.96 bits per heavy atom. The zero-order valence-electron chi connectivity index (χ0n) is 15.3. The molecule has 28 heavy (non-hydrogen) atoms. The van der Waals surface area contributed by atoms with Crippen molar-refractivity contribution in [2.75, 3.05) is 13.2 Å². The van der Waals surface area contributed by atoms with Crippen molar-refractivity contribution in [1.29, 1.82) is 0 Å². The number of benzene rings is 1. The predicted octanol–water partition coefficient (Wildman–Crippen LogP) is 1.95. The SMILES string of the molecule is c1ccc(OCc2cn([C@H]3CO[C@H]4[C@@H]3OC[C@@H]4NCc3ccco3)nn2)cc1. The van der Waals surface area contributed by atoms with Crippen molar-refractivity contribution in [2.24, 2.45) is 0 Å². The molecule has 0 bridgehead atoms. The third-order valence-electron chi connectivity index (χ3n) is 5.17. The first-order valence-corrected chi connectivity index (χ1v) is 9.44. The number of aromatic nitrogens is 3. The van der Waals surface area contributed by atoms with E-state index in [1.54, 1.807) is 6.26 Å². The van der Waals surface area contributed by atoms with Crippen LogP contribution in [0.4, 0.5) is 0 Å². The van der Waals surface area contributed by atoms with Gasteiger partial charge in [-0.05, 0) is 24.3 Å². The van der Waals surface area contributed by atoms with E-state index in [4.69, 9.17) is 18.6 Å². The molecule has 2 aliphatic rings. The van der Waals surface area contributed by atoms with Crippen molar-refractivity contribution in [2.45, 2.75) is 37.4 Å². The molecule has 0 spiro atoms. The van der Waals surface area contributed by atoms with Crippen molar-refractivity contribution in [1.82, 2.24) is 20.3 Å². The molecule has 8 nitrogen and oxygen atoms in total. The molecule has 0 aliphatic carbocycles. The Morgan fingerprint density at radius 3 is 2.82 bits per heavy atom. The van der Waals surface area contributed by atoms with E-state index in [1.165, 1.54) is 0 Å². The van der Waals surface area contributed by atoms with Gasteiger partial charge in [0.05, 0.1) is 38.3 Å². The fourth-order valence-corrected chi connectivity index (χ4v) is 3.74. The summed E-state index contributed by atoms with van der Waals surface area (Å²) in [6.45, 7) is 2.18. The van der Waals surface area contributed by atoms with Gasteiger partial charge in [0, 0.05) is 0 Å². The first-order valence-electron chi connectivity index (χ1n) is 9.44. The average molecular weight is 382 g/mol. The molecule has 4 heterocycles. The van der Waals surface area contributed by atoms with Gasteiger partial charge in [-0.2, -0.15) is 0 Å². The van der Waals surface area contributed by atoms with Crippen LogP contribution in [0.3, 0.4) is 0 Å². The summed E-state index contributed by atoms with van der Waals surface area (Å²) in [5.74, 6) is 1.71. The predicted molar refractivity (Wildman–Crippen MR) is 98.6 cm³/mol. The number of ether oxygens (including phenoxy) is 3. The van der Waals surface area contributed by atoms with E-state index in [1.807, 2.05) is 53.3 Å². The fraction of sp³-hybridized carbons (Fsp3) is 0.400. The first-order chi connectivity index (χ1) is 13.9. The van der Waals surface area contributed by atoms with Gasteiger partial charge in [0.25, 0.3) is 0 Å². The number of furan rings is 1. The standard InChI is InChI=1S/C20H22N4O4/c1-2-5-15(6-3-1)26-11-14-10-24(23-22-14)18-13-28-19-17(12-27-20(18)19)21-9-16-7-4-8-25-16/h1-8,10,17-21H,9,11-13H2/t17-,18-,19+,20+/m0/s1. The lowest BCUT2D eigenvalue weighted by Crippen LogP contribution is -2.40. The van der Waals surface area contributed by atoms with Crippen LogP contribution in [-0.2, 0) is 22.6 Å². The molecule has 1 N–H and O–H groups in total. The fourth-order valence-electron chi connectivity index (χ4n) is 3.74. The van der Waals surface area contributed by atoms with Gasteiger partial charge in [0.1, 0.15) is 42.1 Å². The van der Waals surface area contributed by atoms with Crippen LogP contribution in [0, 0.1) is 0 Å². The summed E-state index contributed by atoms with van der Waals surface area (Å²) in [5, 5.41) is 12.0. The van der Waals surface area contributed by atoms with Crippen LogP contribution >= 0.6 is 0 Å². The van der Waals surface area contributed by atoms with Gasteiger partial charge >= 0.3 is 0 Å². The van der Waals surface area contributed by atoms with Crippen LogP contribution in [0.15, 0.2) is 59.3 Å². The minimum absolute atomic E-state index is 0.00631. The van der Waals surface area contributed by atoms with E-state index in [0.717, 1.165) is 17.2 Å². The van der Waals surface area contributed by atoms with Gasteiger partial charge in [0.15, 0.2) is 0 Å². The summed E-state index contributed by atoms with van der Waals surface area (Å²) in [7, 11) is 0. The van der Waals surface area contributed by atoms with E-state index in [-0.39, 0.29) is 24.3 Å². The van der Waals surface area contributed by atoms with Crippen LogP contribution < -0.4 is 10.1 Å². The number of rotatable bonds is 7. The molecule has 2 aromatic heterocycles. The van der Waals surface area contributed by atoms with Crippen LogP contribution in [0.1, 0.15) is 17.5 Å². The molecule has 1 aromatic carbocycles. The molecule has 3 aromatic rings. The Kier molecular flexibility index (Phi) is 4.82. The average Bonchev–Trinajstić information content (AvgIpc) is 3.51. The molecule has 2 saturated heterocycles. The minimum Gasteiger partial charge on any atom is -0.487 e. The topological polar surface area (TPSA) is 83.6 Å². The molecule has 0 radical (unpaired) electrons. The Bertz CT molecular complexity index is 883. The Morgan fingerprint density at radius 1 is 1.07 bits per heavy atom. The number of nitrogens with zero attached hydrogens (tertiary/aromatic N) is 3. The highest BCUT2D eigenvalue weighted by atomic mass is 16.6. The van der Waals surface area contributed by atoms with Crippen LogP contribution in [0.25, 0.3) is 0 Å². The number of nitrogens with one attached hydrogen (secondary N) is 1. The molecule has 8 heteroatoms. The van der Waals surface area contributed by atoms with Gasteiger partial charge in [-0.15, -0.1) is 5.10 Å². The molecule has 0 unspecified atom stereocenters. The Hall–Kier alpha value is -2.68. The maximum absolute atomic E-state index is 6.03. The molecular weight excluding hydrogens is 360 g/mol. The lowest BCUT2D eigenvalue weighted by molar-refractivity contribution is 0.0619. The highest BCUT2D eigenvalue weighted by molar-refractivity contribution is 5.21. The summed E-state index contributed by atoms with van der Waals surface area (Å²) < 4.78 is 25.0. The zero-order valence-corrected chi connectivity index (χ0v) is 15.3. The van der Waals surface area contributed by atoms with Gasteiger partial charge < -0.3 is 23.9 Å². The highest BCUT2D eigenvalue weighted by Gasteiger charge is 2.48. The summed E-state index contributed by atoms with van der Waals surface area (Å²) in [4.78, 5) is 0. The van der Waals surface area contributed by atoms with E-state index in [2.05, 4.69) is 15.6 Å². The van der Waals surface area contributed by atoms with Crippen molar-refractivity contribution in [3.63, 3.8) is 0 Å². The van der Waals surface area contributed by atoms with Crippen molar-refractivity contribution >= 4 is 0 Å². The van der Waals surface area contributed by atoms with E-state index in [9.17, 15) is 0 Å². The molecule has 4 atom stereocenters. The third-order valence-corrected chi connectivity index (χ3v) is 5.17. The molecule has 0 saturated carbocycles. The van der Waals surface area contributed by atoms with E-state index in [0.29, 0.717) is 26.4 Å². The second-order valence-electron chi connectivity index (χ2n) is 7.02. The Labute approximate surface area is 162 Å². The zero-order chi connectivity index (χ0) is 18.8. The van der Waals surface area contributed by atoms with Gasteiger partial charge in [-0.1, -0.05) is 23.4 Å². The maximum Gasteiger partial charge on any atom is 0.134 e. The molecule has 5 rings (SSSR count). The van der Waals surface area contributed by atoms with Crippen LogP contribution in [-0.4, -0.2) is 46.5 Å². The van der Waals surface area contributed by atoms with Crippen LogP contribution in [0.5, 0.6) is 5.75 Å². The Balaban J connectivity index is 1.18. The molecular formula is C20H22N4O4. The largest absolute Gasteiger partial charge is 0.487 e. The lowest BCUT2D eigenvalue weighted by Gasteiger charge is -2.17. The normalized spacial score (nSPS) is 26.4. The summed E-state index contributed by atoms with van der Waals surface area (Å²) >= 11 is 0. The van der Waals surface area contributed by atoms with Crippen LogP contribution in [0.2, 0.25) is 0 Å². The molecule has 0 amide bonds. The van der Waals surface area contributed by atoms with E-state index < -0.39 is 0 Å². The lowest BCUT2D eigenvalue weighted by atomic mass is 10.1. The summed E-state index contributed by atoms with van der Waals surface area (Å²) in [6.07, 6.45) is 3.54. The van der Waals surface area contributed by atoms with Crippen molar-refractivity contribution in [3.05, 3.63) is 66.4 Å². The van der Waals surface area contributed by atoms with Gasteiger partial charge in [-0.25, -0.2) is 4.68 Å². The second kappa shape index (κ2) is 7.75. The first kappa shape index (κ1) is 17.4.